The van der Waals surface area contributed by atoms with Crippen molar-refractivity contribution in [3.8, 4) is 22.3 Å². The number of aromatic nitrogens is 1. The number of benzene rings is 8. The zero-order valence-electron chi connectivity index (χ0n) is 34.4. The Morgan fingerprint density at radius 1 is 0.460 bits per heavy atom. The lowest BCUT2D eigenvalue weighted by molar-refractivity contribution is 0.755. The molecule has 0 amide bonds. The maximum Gasteiger partial charge on any atom is 0.335 e. The second-order valence-corrected chi connectivity index (χ2v) is 16.5. The highest BCUT2D eigenvalue weighted by Gasteiger charge is 2.24. The summed E-state index contributed by atoms with van der Waals surface area (Å²) in [6.07, 6.45) is 11.9. The maximum atomic E-state index is 5.42. The third kappa shape index (κ3) is 6.87. The maximum absolute atomic E-state index is 5.42. The predicted molar refractivity (Wildman–Crippen MR) is 261 cm³/mol. The van der Waals surface area contributed by atoms with Crippen LogP contribution in [0.5, 0.6) is 0 Å². The van der Waals surface area contributed by atoms with Gasteiger partial charge in [-0.1, -0.05) is 150 Å². The first kappa shape index (κ1) is 36.6. The van der Waals surface area contributed by atoms with Crippen molar-refractivity contribution < 1.29 is 0 Å². The molecular weight excluding hydrogens is 767 g/mol. The molecular formula is C58H40N5+. The molecule has 5 heteroatoms. The van der Waals surface area contributed by atoms with Crippen LogP contribution in [0.4, 0.5) is 0 Å². The molecule has 0 saturated carbocycles. The van der Waals surface area contributed by atoms with Gasteiger partial charge in [0.05, 0.1) is 10.8 Å². The van der Waals surface area contributed by atoms with E-state index in [1.807, 2.05) is 18.6 Å². The first-order chi connectivity index (χ1) is 31.2. The van der Waals surface area contributed by atoms with Crippen LogP contribution in [-0.4, -0.2) is 22.9 Å². The van der Waals surface area contributed by atoms with E-state index in [-0.39, 0.29) is 0 Å². The number of rotatable bonds is 7. The summed E-state index contributed by atoms with van der Waals surface area (Å²) in [7, 11) is 0. The van der Waals surface area contributed by atoms with E-state index in [0.29, 0.717) is 0 Å². The average Bonchev–Trinajstić information content (AvgIpc) is 3.80. The smallest absolute Gasteiger partial charge is 0.324 e. The molecule has 0 atom stereocenters. The zero-order valence-corrected chi connectivity index (χ0v) is 34.4. The molecule has 9 aromatic rings. The van der Waals surface area contributed by atoms with Gasteiger partial charge in [-0.05, 0) is 115 Å². The van der Waals surface area contributed by atoms with Crippen molar-refractivity contribution in [2.75, 3.05) is 0 Å². The van der Waals surface area contributed by atoms with Crippen LogP contribution >= 0.6 is 0 Å². The molecule has 0 unspecified atom stereocenters. The highest BCUT2D eigenvalue weighted by molar-refractivity contribution is 6.17. The van der Waals surface area contributed by atoms with Gasteiger partial charge in [0, 0.05) is 40.5 Å². The molecule has 0 bridgehead atoms. The molecule has 1 N–H and O–H groups in total. The fourth-order valence-electron chi connectivity index (χ4n) is 9.28. The Morgan fingerprint density at radius 3 is 1.76 bits per heavy atom. The summed E-state index contributed by atoms with van der Waals surface area (Å²) in [6, 6.07) is 62.7. The van der Waals surface area contributed by atoms with Crippen LogP contribution in [0.1, 0.15) is 41.3 Å². The molecule has 0 fully saturated rings. The van der Waals surface area contributed by atoms with E-state index in [9.17, 15) is 0 Å². The van der Waals surface area contributed by atoms with E-state index in [1.54, 1.807) is 0 Å². The number of hydrogen-bond acceptors (Lipinski definition) is 4. The molecule has 12 rings (SSSR count). The number of fused-ring (bicyclic) bond motifs is 4. The molecule has 3 aliphatic rings. The number of amidine groups is 2. The van der Waals surface area contributed by atoms with Gasteiger partial charge in [-0.2, -0.15) is 0 Å². The highest BCUT2D eigenvalue weighted by Crippen LogP contribution is 2.37. The summed E-state index contributed by atoms with van der Waals surface area (Å²) in [5, 5.41) is 13.0. The van der Waals surface area contributed by atoms with Crippen molar-refractivity contribution >= 4 is 61.3 Å². The summed E-state index contributed by atoms with van der Waals surface area (Å²) < 4.78 is 4.71. The fourth-order valence-corrected chi connectivity index (χ4v) is 9.28. The van der Waals surface area contributed by atoms with Crippen molar-refractivity contribution in [1.29, 1.82) is 0 Å². The molecule has 5 nitrogen and oxygen atoms in total. The van der Waals surface area contributed by atoms with Crippen molar-refractivity contribution in [1.82, 2.24) is 15.0 Å². The van der Waals surface area contributed by atoms with Crippen molar-refractivity contribution in [2.45, 2.75) is 19.0 Å². The Kier molecular flexibility index (Phi) is 8.91. The summed E-state index contributed by atoms with van der Waals surface area (Å²) in [5.74, 6) is 1.59. The van der Waals surface area contributed by atoms with Crippen LogP contribution in [0.25, 0.3) is 65.7 Å². The quantitative estimate of drug-likeness (QED) is 0.163. The first-order valence-corrected chi connectivity index (χ1v) is 21.6. The minimum absolute atomic E-state index is 0.494. The Labute approximate surface area is 364 Å². The van der Waals surface area contributed by atoms with E-state index in [1.165, 1.54) is 54.4 Å². The lowest BCUT2D eigenvalue weighted by Gasteiger charge is -2.24. The van der Waals surface area contributed by atoms with Crippen LogP contribution in [-0.2, 0) is 0 Å². The average molecular weight is 807 g/mol. The van der Waals surface area contributed by atoms with Gasteiger partial charge in [-0.15, -0.1) is 0 Å². The second-order valence-electron chi connectivity index (χ2n) is 16.5. The number of hydrogen-bond donors (Lipinski definition) is 1. The van der Waals surface area contributed by atoms with Crippen molar-refractivity contribution in [2.24, 2.45) is 9.98 Å². The zero-order chi connectivity index (χ0) is 41.7. The second kappa shape index (κ2) is 15.3. The van der Waals surface area contributed by atoms with E-state index >= 15 is 0 Å². The fraction of sp³-hybridized carbons (Fsp3) is 0.0517. The van der Waals surface area contributed by atoms with Gasteiger partial charge in [0.15, 0.2) is 6.17 Å². The van der Waals surface area contributed by atoms with E-state index < -0.39 is 6.17 Å². The number of pyridine rings is 1. The van der Waals surface area contributed by atoms with Crippen LogP contribution in [0.15, 0.2) is 216 Å². The van der Waals surface area contributed by atoms with Crippen LogP contribution in [0, 0.1) is 0 Å². The number of nitrogens with one attached hydrogen (secondary N) is 1. The van der Waals surface area contributed by atoms with Crippen molar-refractivity contribution in [3.63, 3.8) is 0 Å². The highest BCUT2D eigenvalue weighted by atomic mass is 15.2. The minimum Gasteiger partial charge on any atom is -0.324 e. The van der Waals surface area contributed by atoms with Gasteiger partial charge in [0.1, 0.15) is 11.7 Å². The van der Waals surface area contributed by atoms with Crippen LogP contribution in [0.3, 0.4) is 0 Å². The summed E-state index contributed by atoms with van der Waals surface area (Å²) in [4.78, 5) is 15.4. The predicted octanol–water partition coefficient (Wildman–Crippen LogP) is 11.1. The van der Waals surface area contributed by atoms with Crippen molar-refractivity contribution in [3.05, 3.63) is 239 Å². The summed E-state index contributed by atoms with van der Waals surface area (Å²) >= 11 is 0. The van der Waals surface area contributed by atoms with E-state index in [2.05, 4.69) is 198 Å². The molecule has 1 aromatic heterocycles. The number of aliphatic imine (C=N–C) groups is 2. The topological polar surface area (TPSA) is 63.7 Å². The van der Waals surface area contributed by atoms with E-state index in [0.717, 1.165) is 74.2 Å². The van der Waals surface area contributed by atoms with Gasteiger partial charge in [-0.3, -0.25) is 4.98 Å². The molecule has 3 heterocycles. The Balaban J connectivity index is 0.999. The molecule has 63 heavy (non-hydrogen) atoms. The molecule has 0 radical (unpaired) electrons. The Hall–Kier alpha value is -8.24. The lowest BCUT2D eigenvalue weighted by atomic mass is 9.87. The summed E-state index contributed by atoms with van der Waals surface area (Å²) in [6.45, 7) is 0. The van der Waals surface area contributed by atoms with E-state index in [4.69, 9.17) is 14.7 Å². The Morgan fingerprint density at radius 2 is 1.05 bits per heavy atom. The molecule has 296 valence electrons. The minimum atomic E-state index is -0.494. The normalized spacial score (nSPS) is 14.8. The molecule has 2 aliphatic heterocycles. The summed E-state index contributed by atoms with van der Waals surface area (Å²) in [5.41, 5.74) is 12.6. The largest absolute Gasteiger partial charge is 0.335 e. The molecule has 8 aromatic carbocycles. The lowest BCUT2D eigenvalue weighted by Crippen LogP contribution is -2.36. The van der Waals surface area contributed by atoms with Gasteiger partial charge in [-0.25, -0.2) is 9.98 Å². The monoisotopic (exact) mass is 806 g/mol. The van der Waals surface area contributed by atoms with Crippen LogP contribution < -0.4 is 20.6 Å². The third-order valence-electron chi connectivity index (χ3n) is 12.6. The first-order valence-electron chi connectivity index (χ1n) is 21.6. The third-order valence-corrected chi connectivity index (χ3v) is 12.6. The number of allylic oxidation sites excluding steroid dienone is 4. The number of para-hydroxylation sites is 1. The van der Waals surface area contributed by atoms with Gasteiger partial charge in [0.2, 0.25) is 0 Å². The van der Waals surface area contributed by atoms with Gasteiger partial charge in [0.25, 0.3) is 0 Å². The van der Waals surface area contributed by atoms with Crippen LogP contribution in [0.2, 0.25) is 0 Å². The molecule has 0 saturated heterocycles. The standard InChI is InChI=1S/C58H40N5/c1-3-11-43-29-45(27-21-37(43)9-1)56-61-57(46-28-22-38-10-2-4-12-44(38)30-46)63-58(62-56)50-32-48(39-17-23-41(24-18-39)53-35-59-34-47-13-5-6-14-51(47)53)31-49(33-50)40-19-25-42(26-20-40)54-36-60-55-16-8-7-15-52(54)55/h1-19,21-25,27-36,58H,20,26H2,(H,61,62,63)/q+1. The SMILES string of the molecule is C1=[N+]=c2ccccc2=C1C1=CC=C(c2cc(-c3ccc(-c4cncc5ccccc45)cc3)cc(C3N=C(c4ccc5ccccc5c4)NC(c4ccc5ccccc5c4)=N3)c2)CC1. The molecule has 1 aliphatic carbocycles. The van der Waals surface area contributed by atoms with Gasteiger partial charge >= 0.3 is 11.6 Å². The number of nitrogens with zero attached hydrogens (tertiary/aromatic N) is 4. The van der Waals surface area contributed by atoms with Gasteiger partial charge < -0.3 is 5.32 Å². The molecule has 0 spiro atoms. The Bertz CT molecular complexity index is 3540.